The number of carbonyl (C=O) groups is 4. The summed E-state index contributed by atoms with van der Waals surface area (Å²) in [6, 6.07) is 0. The van der Waals surface area contributed by atoms with Crippen LogP contribution in [0.15, 0.2) is 0 Å². The molecule has 0 heterocycles. The number of halogens is 6. The van der Waals surface area contributed by atoms with E-state index in [0.717, 1.165) is 0 Å². The van der Waals surface area contributed by atoms with Gasteiger partial charge in [0.2, 0.25) is 0 Å². The van der Waals surface area contributed by atoms with Gasteiger partial charge in [0.1, 0.15) is 11.8 Å². The molecule has 15 heteroatoms. The van der Waals surface area contributed by atoms with E-state index in [1.165, 1.54) is 13.8 Å². The van der Waals surface area contributed by atoms with Gasteiger partial charge in [-0.15, -0.1) is 0 Å². The summed E-state index contributed by atoms with van der Waals surface area (Å²) >= 11 is -0.574. The minimum absolute atomic E-state index is 0.323. The summed E-state index contributed by atoms with van der Waals surface area (Å²) in [6.07, 6.45) is -11.9. The van der Waals surface area contributed by atoms with E-state index in [1.54, 1.807) is 0 Å². The molecular weight excluding hydrogens is 530 g/mol. The minimum Gasteiger partial charge on any atom is -0.550 e. The molecule has 0 saturated carbocycles. The van der Waals surface area contributed by atoms with E-state index in [-0.39, 0.29) is 0 Å². The van der Waals surface area contributed by atoms with Crippen molar-refractivity contribution < 1.29 is 82.3 Å². The van der Waals surface area contributed by atoms with Gasteiger partial charge >= 0.3 is 78.8 Å². The van der Waals surface area contributed by atoms with Gasteiger partial charge in [-0.1, -0.05) is 13.8 Å². The van der Waals surface area contributed by atoms with Gasteiger partial charge in [-0.2, -0.15) is 26.3 Å². The third kappa shape index (κ3) is 22.7. The molecule has 35 heavy (non-hydrogen) atoms. The summed E-state index contributed by atoms with van der Waals surface area (Å²) in [5.41, 5.74) is 0. The molecule has 0 aliphatic rings. The summed E-state index contributed by atoms with van der Waals surface area (Å²) in [6.45, 7) is 10.4. The Labute approximate surface area is 209 Å². The summed E-state index contributed by atoms with van der Waals surface area (Å²) in [4.78, 5) is 41.1. The quantitative estimate of drug-likeness (QED) is 0.202. The van der Waals surface area contributed by atoms with Crippen LogP contribution in [0.3, 0.4) is 0 Å². The number of carbonyl (C=O) groups excluding carboxylic acids is 4. The first-order valence-electron chi connectivity index (χ1n) is 10.3. The van der Waals surface area contributed by atoms with E-state index in [0.29, 0.717) is 12.2 Å². The van der Waals surface area contributed by atoms with Crippen LogP contribution in [0, 0.1) is 11.8 Å². The molecule has 8 nitrogen and oxygen atoms in total. The molecule has 2 atom stereocenters. The standard InChI is InChI=1S/2C7H9F3O3.2C3H7O.Ti/c2*1-2-4(7(8,9)10)5(11)3-6(12)13;2*1-3(2)4;/h2*4H,2-3H2,1H3,(H,12,13);2*3H,1-2H3;/q;;2*-1;+4/p-2. The summed E-state index contributed by atoms with van der Waals surface area (Å²) < 4.78 is 82.4. The second-order valence-electron chi connectivity index (χ2n) is 7.45. The second kappa shape index (κ2) is 18.7. The van der Waals surface area contributed by atoms with Crippen molar-refractivity contribution in [1.82, 2.24) is 0 Å². The largest absolute Gasteiger partial charge is 0.550 e. The molecule has 0 aromatic carbocycles. The average Bonchev–Trinajstić information content (AvgIpc) is 2.59. The summed E-state index contributed by atoms with van der Waals surface area (Å²) in [5.74, 6) is -10.7. The maximum Gasteiger partial charge on any atom is 0.398 e. The third-order valence-corrected chi connectivity index (χ3v) is 5.36. The van der Waals surface area contributed by atoms with E-state index in [1.807, 2.05) is 27.7 Å². The van der Waals surface area contributed by atoms with Crippen molar-refractivity contribution in [3.63, 3.8) is 0 Å². The Kier molecular flexibility index (Phi) is 20.3. The zero-order chi connectivity index (χ0) is 28.6. The van der Waals surface area contributed by atoms with Crippen LogP contribution in [0.25, 0.3) is 0 Å². The Balaban J connectivity index is -0.000000448. The van der Waals surface area contributed by atoms with Crippen LogP contribution >= 0.6 is 0 Å². The minimum atomic E-state index is -4.67. The normalized spacial score (nSPS) is 13.0. The molecule has 0 radical (unpaired) electrons. The first-order chi connectivity index (χ1) is 15.7. The molecule has 0 spiro atoms. The molecule has 2 unspecified atom stereocenters. The van der Waals surface area contributed by atoms with Crippen molar-refractivity contribution in [1.29, 1.82) is 0 Å². The number of alkyl halides is 6. The fraction of sp³-hybridized carbons (Fsp3) is 0.800. The van der Waals surface area contributed by atoms with Gasteiger partial charge in [0.15, 0.2) is 11.6 Å². The van der Waals surface area contributed by atoms with Gasteiger partial charge in [0.25, 0.3) is 0 Å². The molecule has 0 saturated heterocycles. The van der Waals surface area contributed by atoms with Gasteiger partial charge in [0, 0.05) is 24.8 Å². The van der Waals surface area contributed by atoms with Crippen LogP contribution in [0.4, 0.5) is 26.3 Å². The smallest absolute Gasteiger partial charge is 0.398 e. The monoisotopic (exact) mass is 560 g/mol. The first kappa shape index (κ1) is 38.0. The van der Waals surface area contributed by atoms with Crippen LogP contribution < -0.4 is 10.2 Å². The number of aliphatic carboxylic acids is 2. The summed E-state index contributed by atoms with van der Waals surface area (Å²) in [5, 5.41) is 19.7. The van der Waals surface area contributed by atoms with Gasteiger partial charge in [-0.05, 0) is 12.8 Å². The van der Waals surface area contributed by atoms with Gasteiger partial charge < -0.3 is 19.8 Å². The first-order valence-corrected chi connectivity index (χ1v) is 11.6. The number of ketones is 2. The van der Waals surface area contributed by atoms with Gasteiger partial charge in [-0.3, -0.25) is 9.59 Å². The Morgan fingerprint density at radius 3 is 1.09 bits per heavy atom. The van der Waals surface area contributed by atoms with Crippen molar-refractivity contribution in [3.8, 4) is 0 Å². The third-order valence-electron chi connectivity index (χ3n) is 3.59. The van der Waals surface area contributed by atoms with Crippen LogP contribution in [0.1, 0.15) is 67.2 Å². The molecule has 0 aromatic rings. The topological polar surface area (TPSA) is 133 Å². The van der Waals surface area contributed by atoms with Crippen LogP contribution in [-0.2, 0) is 45.7 Å². The van der Waals surface area contributed by atoms with Crippen molar-refractivity contribution in [2.45, 2.75) is 91.8 Å². The number of rotatable bonds is 12. The molecule has 0 aromatic heterocycles. The van der Waals surface area contributed by atoms with Crippen molar-refractivity contribution in [3.05, 3.63) is 0 Å². The van der Waals surface area contributed by atoms with Crippen LogP contribution in [0.5, 0.6) is 0 Å². The molecule has 0 amide bonds. The fourth-order valence-corrected chi connectivity index (χ4v) is 2.72. The molecule has 0 bridgehead atoms. The molecule has 0 N–H and O–H groups in total. The van der Waals surface area contributed by atoms with E-state index in [9.17, 15) is 55.7 Å². The van der Waals surface area contributed by atoms with E-state index in [4.69, 9.17) is 6.64 Å². The maximum atomic E-state index is 12.0. The zero-order valence-electron chi connectivity index (χ0n) is 20.2. The SMILES string of the molecule is CC(C)[O][Ti+2][O]C(C)C.CCC(C(=O)CC(=O)[O-])C(F)(F)F.CCC(C(=O)CC(=O)[O-])C(F)(F)F. The van der Waals surface area contributed by atoms with Crippen molar-refractivity contribution >= 4 is 23.5 Å². The Hall–Kier alpha value is -1.51. The van der Waals surface area contributed by atoms with Crippen LogP contribution in [0.2, 0.25) is 0 Å². The molecule has 204 valence electrons. The Morgan fingerprint density at radius 1 is 0.686 bits per heavy atom. The summed E-state index contributed by atoms with van der Waals surface area (Å²) in [7, 11) is 0. The van der Waals surface area contributed by atoms with Crippen LogP contribution in [-0.4, -0.2) is 48.1 Å². The molecule has 0 aliphatic heterocycles. The molecule has 0 rings (SSSR count). The predicted molar refractivity (Wildman–Crippen MR) is 101 cm³/mol. The van der Waals surface area contributed by atoms with Crippen molar-refractivity contribution in [2.75, 3.05) is 0 Å². The van der Waals surface area contributed by atoms with E-state index >= 15 is 0 Å². The average molecular weight is 560 g/mol. The Bertz CT molecular complexity index is 597. The fourth-order valence-electron chi connectivity index (χ4n) is 2.03. The van der Waals surface area contributed by atoms with Gasteiger partial charge in [-0.25, -0.2) is 0 Å². The van der Waals surface area contributed by atoms with Gasteiger partial charge in [0.05, 0.1) is 0 Å². The zero-order valence-corrected chi connectivity index (χ0v) is 21.7. The Morgan fingerprint density at radius 2 is 0.943 bits per heavy atom. The van der Waals surface area contributed by atoms with E-state index < -0.39 is 93.3 Å². The number of carboxylic acid groups (broad SMARTS) is 2. The predicted octanol–water partition coefficient (Wildman–Crippen LogP) is 2.32. The maximum absolute atomic E-state index is 12.0. The molecular formula is C20H30F6O8Ti. The number of carboxylic acids is 2. The number of hydrogen-bond donors (Lipinski definition) is 0. The van der Waals surface area contributed by atoms with E-state index in [2.05, 4.69) is 0 Å². The van der Waals surface area contributed by atoms with Crippen molar-refractivity contribution in [2.24, 2.45) is 11.8 Å². The number of Topliss-reactive ketones (excluding diaryl/α,β-unsaturated/α-hetero) is 2. The molecule has 0 aliphatic carbocycles. The molecule has 0 fully saturated rings. The number of hydrogen-bond acceptors (Lipinski definition) is 8. The second-order valence-corrected chi connectivity index (χ2v) is 8.45.